The molecule has 0 spiro atoms. The van der Waals surface area contributed by atoms with Crippen LogP contribution in [0.4, 0.5) is 0 Å². The van der Waals surface area contributed by atoms with Crippen molar-refractivity contribution < 1.29 is 9.47 Å². The van der Waals surface area contributed by atoms with Crippen LogP contribution in [-0.4, -0.2) is 16.3 Å². The maximum atomic E-state index is 8.86. The summed E-state index contributed by atoms with van der Waals surface area (Å²) in [6, 6.07) is 6.07. The highest BCUT2D eigenvalue weighted by Crippen LogP contribution is 2.37. The van der Waals surface area contributed by atoms with Crippen molar-refractivity contribution in [3.05, 3.63) is 18.0 Å². The lowest BCUT2D eigenvalue weighted by atomic mass is 9.95. The summed E-state index contributed by atoms with van der Waals surface area (Å²) in [7, 11) is 0. The molecule has 0 amide bonds. The first kappa shape index (κ1) is 12.8. The Kier molecular flexibility index (Phi) is 2.82. The number of rotatable bonds is 2. The van der Waals surface area contributed by atoms with Crippen molar-refractivity contribution in [1.29, 1.82) is 5.26 Å². The van der Waals surface area contributed by atoms with Crippen LogP contribution in [0.25, 0.3) is 11.0 Å². The van der Waals surface area contributed by atoms with Crippen LogP contribution in [-0.2, 0) is 12.0 Å². The van der Waals surface area contributed by atoms with Gasteiger partial charge in [0.25, 0.3) is 0 Å². The minimum absolute atomic E-state index is 0.0827. The topological polar surface area (TPSA) is 60.1 Å². The number of aryl methyl sites for hydroxylation is 1. The maximum absolute atomic E-state index is 8.86. The standard InChI is InChI=1S/C15H17N3O2/c1-15(2,3)14-17-10-7-12-13(20-9-19-12)8-11(10)18(14)6-4-5-16/h7-8H,4,6,9H2,1-3H3. The number of nitriles is 1. The van der Waals surface area contributed by atoms with E-state index in [0.29, 0.717) is 13.0 Å². The van der Waals surface area contributed by atoms with Gasteiger partial charge in [0.2, 0.25) is 6.79 Å². The van der Waals surface area contributed by atoms with Gasteiger partial charge in [0.1, 0.15) is 5.82 Å². The Hall–Kier alpha value is -2.22. The van der Waals surface area contributed by atoms with Crippen molar-refractivity contribution in [3.63, 3.8) is 0 Å². The molecule has 20 heavy (non-hydrogen) atoms. The van der Waals surface area contributed by atoms with Crippen LogP contribution in [0.15, 0.2) is 12.1 Å². The second-order valence-corrected chi connectivity index (χ2v) is 5.94. The number of aromatic nitrogens is 2. The van der Waals surface area contributed by atoms with Crippen LogP contribution in [0.1, 0.15) is 33.0 Å². The minimum atomic E-state index is -0.0827. The number of nitrogens with zero attached hydrogens (tertiary/aromatic N) is 3. The molecule has 0 saturated heterocycles. The molecule has 1 aliphatic rings. The van der Waals surface area contributed by atoms with Gasteiger partial charge < -0.3 is 14.0 Å². The van der Waals surface area contributed by atoms with Crippen LogP contribution >= 0.6 is 0 Å². The Labute approximate surface area is 117 Å². The normalized spacial score (nSPS) is 13.7. The third-order valence-corrected chi connectivity index (χ3v) is 3.36. The monoisotopic (exact) mass is 271 g/mol. The Bertz CT molecular complexity index is 704. The predicted molar refractivity (Wildman–Crippen MR) is 74.8 cm³/mol. The second kappa shape index (κ2) is 4.41. The third-order valence-electron chi connectivity index (χ3n) is 3.36. The van der Waals surface area contributed by atoms with E-state index in [2.05, 4.69) is 31.4 Å². The van der Waals surface area contributed by atoms with E-state index in [1.165, 1.54) is 0 Å². The summed E-state index contributed by atoms with van der Waals surface area (Å²) in [6.45, 7) is 7.26. The van der Waals surface area contributed by atoms with E-state index in [1.54, 1.807) is 0 Å². The molecule has 0 saturated carbocycles. The summed E-state index contributed by atoms with van der Waals surface area (Å²) in [6.07, 6.45) is 0.461. The number of ether oxygens (including phenoxy) is 2. The van der Waals surface area contributed by atoms with Crippen molar-refractivity contribution in [1.82, 2.24) is 9.55 Å². The molecule has 1 aromatic carbocycles. The van der Waals surface area contributed by atoms with E-state index in [0.717, 1.165) is 28.4 Å². The Morgan fingerprint density at radius 3 is 2.65 bits per heavy atom. The highest BCUT2D eigenvalue weighted by Gasteiger charge is 2.25. The molecule has 1 aromatic heterocycles. The number of benzene rings is 1. The summed E-state index contributed by atoms with van der Waals surface area (Å²) in [4.78, 5) is 4.73. The molecule has 2 heterocycles. The summed E-state index contributed by atoms with van der Waals surface area (Å²) in [5.41, 5.74) is 1.80. The molecule has 1 aliphatic heterocycles. The predicted octanol–water partition coefficient (Wildman–Crippen LogP) is 2.98. The van der Waals surface area contributed by atoms with Gasteiger partial charge in [-0.2, -0.15) is 5.26 Å². The van der Waals surface area contributed by atoms with Crippen LogP contribution in [0.2, 0.25) is 0 Å². The van der Waals surface area contributed by atoms with Gasteiger partial charge in [-0.25, -0.2) is 4.98 Å². The highest BCUT2D eigenvalue weighted by molar-refractivity contribution is 5.81. The molecule has 0 bridgehead atoms. The van der Waals surface area contributed by atoms with Crippen LogP contribution in [0.3, 0.4) is 0 Å². The molecular weight excluding hydrogens is 254 g/mol. The molecular formula is C15H17N3O2. The Balaban J connectivity index is 2.21. The van der Waals surface area contributed by atoms with E-state index < -0.39 is 0 Å². The van der Waals surface area contributed by atoms with Gasteiger partial charge in [0, 0.05) is 24.1 Å². The quantitative estimate of drug-likeness (QED) is 0.842. The van der Waals surface area contributed by atoms with Gasteiger partial charge in [-0.1, -0.05) is 20.8 Å². The number of hydrogen-bond acceptors (Lipinski definition) is 4. The van der Waals surface area contributed by atoms with Gasteiger partial charge in [0.15, 0.2) is 11.5 Å². The smallest absolute Gasteiger partial charge is 0.231 e. The fourth-order valence-electron chi connectivity index (χ4n) is 2.48. The molecule has 2 aromatic rings. The Morgan fingerprint density at radius 1 is 1.30 bits per heavy atom. The van der Waals surface area contributed by atoms with E-state index in [9.17, 15) is 0 Å². The zero-order valence-corrected chi connectivity index (χ0v) is 11.9. The molecule has 0 aliphatic carbocycles. The van der Waals surface area contributed by atoms with Crippen molar-refractivity contribution in [2.45, 2.75) is 39.2 Å². The fraction of sp³-hybridized carbons (Fsp3) is 0.467. The van der Waals surface area contributed by atoms with Crippen LogP contribution in [0.5, 0.6) is 11.5 Å². The first-order valence-electron chi connectivity index (χ1n) is 6.68. The molecule has 0 radical (unpaired) electrons. The molecule has 3 rings (SSSR count). The van der Waals surface area contributed by atoms with E-state index in [-0.39, 0.29) is 12.2 Å². The van der Waals surface area contributed by atoms with E-state index in [4.69, 9.17) is 19.7 Å². The maximum Gasteiger partial charge on any atom is 0.231 e. The molecule has 0 atom stereocenters. The molecule has 104 valence electrons. The molecule has 0 N–H and O–H groups in total. The van der Waals surface area contributed by atoms with Crippen molar-refractivity contribution >= 4 is 11.0 Å². The van der Waals surface area contributed by atoms with E-state index in [1.807, 2.05) is 12.1 Å². The van der Waals surface area contributed by atoms with Gasteiger partial charge in [-0.3, -0.25) is 0 Å². The lowest BCUT2D eigenvalue weighted by Crippen LogP contribution is -2.19. The summed E-state index contributed by atoms with van der Waals surface area (Å²) in [5, 5.41) is 8.86. The number of imidazole rings is 1. The summed E-state index contributed by atoms with van der Waals surface area (Å²) < 4.78 is 12.9. The fourth-order valence-corrected chi connectivity index (χ4v) is 2.48. The average molecular weight is 271 g/mol. The summed E-state index contributed by atoms with van der Waals surface area (Å²) >= 11 is 0. The lowest BCUT2D eigenvalue weighted by Gasteiger charge is -2.19. The van der Waals surface area contributed by atoms with Crippen LogP contribution < -0.4 is 9.47 Å². The molecule has 0 fully saturated rings. The summed E-state index contributed by atoms with van der Waals surface area (Å²) in [5.74, 6) is 2.46. The first-order valence-corrected chi connectivity index (χ1v) is 6.68. The Morgan fingerprint density at radius 2 is 2.00 bits per heavy atom. The lowest BCUT2D eigenvalue weighted by molar-refractivity contribution is 0.174. The van der Waals surface area contributed by atoms with Gasteiger partial charge >= 0.3 is 0 Å². The molecule has 5 nitrogen and oxygen atoms in total. The third kappa shape index (κ3) is 1.97. The SMILES string of the molecule is CC(C)(C)c1nc2cc3c(cc2n1CCC#N)OCO3. The van der Waals surface area contributed by atoms with Crippen molar-refractivity contribution in [3.8, 4) is 17.6 Å². The highest BCUT2D eigenvalue weighted by atomic mass is 16.7. The minimum Gasteiger partial charge on any atom is -0.454 e. The van der Waals surface area contributed by atoms with Crippen LogP contribution in [0, 0.1) is 11.3 Å². The van der Waals surface area contributed by atoms with Gasteiger partial charge in [-0.05, 0) is 0 Å². The van der Waals surface area contributed by atoms with Gasteiger partial charge in [-0.15, -0.1) is 0 Å². The zero-order chi connectivity index (χ0) is 14.3. The molecule has 5 heteroatoms. The largest absolute Gasteiger partial charge is 0.454 e. The number of hydrogen-bond donors (Lipinski definition) is 0. The van der Waals surface area contributed by atoms with Gasteiger partial charge in [0.05, 0.1) is 23.5 Å². The second-order valence-electron chi connectivity index (χ2n) is 5.94. The average Bonchev–Trinajstić information content (AvgIpc) is 2.96. The van der Waals surface area contributed by atoms with Crippen molar-refractivity contribution in [2.75, 3.05) is 6.79 Å². The van der Waals surface area contributed by atoms with E-state index >= 15 is 0 Å². The van der Waals surface area contributed by atoms with Crippen molar-refractivity contribution in [2.24, 2.45) is 0 Å². The number of fused-ring (bicyclic) bond motifs is 2. The zero-order valence-electron chi connectivity index (χ0n) is 11.9. The first-order chi connectivity index (χ1) is 9.50. The molecule has 0 unspecified atom stereocenters.